The summed E-state index contributed by atoms with van der Waals surface area (Å²) in [5.41, 5.74) is 2.68. The zero-order chi connectivity index (χ0) is 18.6. The molecule has 1 heterocycles. The molecular formula is C21H22N4O2. The van der Waals surface area contributed by atoms with Crippen molar-refractivity contribution >= 4 is 17.5 Å². The Morgan fingerprint density at radius 1 is 0.926 bits per heavy atom. The molecule has 1 fully saturated rings. The largest absolute Gasteiger partial charge is 0.497 e. The summed E-state index contributed by atoms with van der Waals surface area (Å²) in [5, 5.41) is 6.73. The van der Waals surface area contributed by atoms with Gasteiger partial charge in [0.15, 0.2) is 0 Å². The zero-order valence-electron chi connectivity index (χ0n) is 15.4. The van der Waals surface area contributed by atoms with E-state index in [2.05, 4.69) is 20.6 Å². The molecule has 27 heavy (non-hydrogen) atoms. The van der Waals surface area contributed by atoms with Gasteiger partial charge in [0.1, 0.15) is 17.3 Å². The fourth-order valence-electron chi connectivity index (χ4n) is 2.79. The molecule has 0 amide bonds. The van der Waals surface area contributed by atoms with Crippen LogP contribution in [-0.4, -0.2) is 30.2 Å². The van der Waals surface area contributed by atoms with Crippen molar-refractivity contribution in [2.24, 2.45) is 0 Å². The third kappa shape index (κ3) is 4.11. The first-order valence-corrected chi connectivity index (χ1v) is 8.95. The number of nitrogens with one attached hydrogen (secondary N) is 2. The van der Waals surface area contributed by atoms with E-state index in [1.54, 1.807) is 14.2 Å². The number of methoxy groups -OCH3 is 2. The number of nitrogens with zero attached hydrogens (tertiary/aromatic N) is 2. The molecule has 0 bridgehead atoms. The van der Waals surface area contributed by atoms with Gasteiger partial charge >= 0.3 is 0 Å². The van der Waals surface area contributed by atoms with Crippen molar-refractivity contribution in [1.82, 2.24) is 9.97 Å². The first-order chi connectivity index (χ1) is 13.2. The van der Waals surface area contributed by atoms with Crippen molar-refractivity contribution in [3.63, 3.8) is 0 Å². The second-order valence-electron chi connectivity index (χ2n) is 6.44. The molecule has 0 aliphatic heterocycles. The monoisotopic (exact) mass is 362 g/mol. The summed E-state index contributed by atoms with van der Waals surface area (Å²) in [4.78, 5) is 9.32. The maximum atomic E-state index is 5.46. The average molecular weight is 362 g/mol. The fourth-order valence-corrected chi connectivity index (χ4v) is 2.79. The van der Waals surface area contributed by atoms with Crippen molar-refractivity contribution in [2.75, 3.05) is 24.9 Å². The number of rotatable bonds is 7. The highest BCUT2D eigenvalue weighted by Crippen LogP contribution is 2.33. The van der Waals surface area contributed by atoms with E-state index in [0.29, 0.717) is 23.6 Å². The predicted octanol–water partition coefficient (Wildman–Crippen LogP) is 4.48. The molecule has 0 saturated heterocycles. The van der Waals surface area contributed by atoms with E-state index in [-0.39, 0.29) is 0 Å². The molecule has 1 aromatic heterocycles. The molecule has 2 N–H and O–H groups in total. The van der Waals surface area contributed by atoms with Crippen LogP contribution in [0.3, 0.4) is 0 Å². The Labute approximate surface area is 158 Å². The number of anilines is 3. The smallest absolute Gasteiger partial charge is 0.225 e. The molecule has 3 aromatic rings. The van der Waals surface area contributed by atoms with E-state index in [9.17, 15) is 0 Å². The topological polar surface area (TPSA) is 68.3 Å². The molecule has 0 atom stereocenters. The lowest BCUT2D eigenvalue weighted by Crippen LogP contribution is -2.08. The second-order valence-corrected chi connectivity index (χ2v) is 6.44. The van der Waals surface area contributed by atoms with Crippen LogP contribution < -0.4 is 20.1 Å². The lowest BCUT2D eigenvalue weighted by Gasteiger charge is -2.14. The van der Waals surface area contributed by atoms with Crippen LogP contribution in [-0.2, 0) is 0 Å². The van der Waals surface area contributed by atoms with Crippen LogP contribution in [0.25, 0.3) is 11.3 Å². The third-order valence-corrected chi connectivity index (χ3v) is 4.38. The van der Waals surface area contributed by atoms with Crippen LogP contribution >= 0.6 is 0 Å². The average Bonchev–Trinajstić information content (AvgIpc) is 3.52. The molecule has 6 nitrogen and oxygen atoms in total. The molecule has 0 spiro atoms. The lowest BCUT2D eigenvalue weighted by atomic mass is 10.1. The van der Waals surface area contributed by atoms with Crippen LogP contribution in [0.1, 0.15) is 12.8 Å². The molecule has 2 aromatic carbocycles. The van der Waals surface area contributed by atoms with Crippen LogP contribution in [0.15, 0.2) is 54.6 Å². The molecule has 0 radical (unpaired) electrons. The van der Waals surface area contributed by atoms with Crippen molar-refractivity contribution in [2.45, 2.75) is 18.9 Å². The van der Waals surface area contributed by atoms with Gasteiger partial charge in [0, 0.05) is 23.7 Å². The van der Waals surface area contributed by atoms with Gasteiger partial charge in [0.25, 0.3) is 0 Å². The molecule has 6 heteroatoms. The summed E-state index contributed by atoms with van der Waals surface area (Å²) in [6.07, 6.45) is 2.32. The van der Waals surface area contributed by atoms with Gasteiger partial charge in [-0.3, -0.25) is 0 Å². The van der Waals surface area contributed by atoms with Gasteiger partial charge < -0.3 is 20.1 Å². The van der Waals surface area contributed by atoms with Crippen molar-refractivity contribution in [1.29, 1.82) is 0 Å². The number of ether oxygens (including phenoxy) is 2. The third-order valence-electron chi connectivity index (χ3n) is 4.38. The minimum atomic E-state index is 0.468. The van der Waals surface area contributed by atoms with Crippen LogP contribution in [0.4, 0.5) is 17.5 Å². The van der Waals surface area contributed by atoms with Gasteiger partial charge in [0.2, 0.25) is 5.95 Å². The minimum absolute atomic E-state index is 0.468. The lowest BCUT2D eigenvalue weighted by molar-refractivity contribution is 0.405. The SMILES string of the molecule is COc1ccc(OC)c(Nc2cc(-c3ccccc3)nc(NC3CC3)n2)c1. The zero-order valence-corrected chi connectivity index (χ0v) is 15.4. The highest BCUT2D eigenvalue weighted by molar-refractivity contribution is 5.71. The quantitative estimate of drug-likeness (QED) is 0.646. The summed E-state index contributed by atoms with van der Waals surface area (Å²) in [6, 6.07) is 18.1. The van der Waals surface area contributed by atoms with E-state index in [1.807, 2.05) is 54.6 Å². The van der Waals surface area contributed by atoms with Gasteiger partial charge in [-0.15, -0.1) is 0 Å². The molecule has 1 saturated carbocycles. The summed E-state index contributed by atoms with van der Waals surface area (Å²) < 4.78 is 10.8. The molecule has 1 aliphatic rings. The number of benzene rings is 2. The fraction of sp³-hybridized carbons (Fsp3) is 0.238. The molecule has 0 unspecified atom stereocenters. The molecular weight excluding hydrogens is 340 g/mol. The van der Waals surface area contributed by atoms with Gasteiger partial charge in [-0.25, -0.2) is 4.98 Å². The van der Waals surface area contributed by atoms with Gasteiger partial charge in [-0.1, -0.05) is 30.3 Å². The predicted molar refractivity (Wildman–Crippen MR) is 107 cm³/mol. The Morgan fingerprint density at radius 2 is 1.74 bits per heavy atom. The van der Waals surface area contributed by atoms with E-state index in [0.717, 1.165) is 35.5 Å². The Balaban J connectivity index is 1.71. The normalized spacial score (nSPS) is 13.1. The second kappa shape index (κ2) is 7.53. The van der Waals surface area contributed by atoms with E-state index < -0.39 is 0 Å². The first kappa shape index (κ1) is 17.1. The number of aromatic nitrogens is 2. The Hall–Kier alpha value is -3.28. The van der Waals surface area contributed by atoms with Gasteiger partial charge in [-0.2, -0.15) is 4.98 Å². The summed E-state index contributed by atoms with van der Waals surface area (Å²) in [5.74, 6) is 2.78. The van der Waals surface area contributed by atoms with Crippen LogP contribution in [0, 0.1) is 0 Å². The first-order valence-electron chi connectivity index (χ1n) is 8.95. The highest BCUT2D eigenvalue weighted by atomic mass is 16.5. The summed E-state index contributed by atoms with van der Waals surface area (Å²) in [7, 11) is 3.28. The van der Waals surface area contributed by atoms with Crippen molar-refractivity contribution in [3.05, 3.63) is 54.6 Å². The van der Waals surface area contributed by atoms with E-state index in [4.69, 9.17) is 9.47 Å². The summed E-state index contributed by atoms with van der Waals surface area (Å²) >= 11 is 0. The number of hydrogen-bond acceptors (Lipinski definition) is 6. The van der Waals surface area contributed by atoms with Crippen molar-refractivity contribution < 1.29 is 9.47 Å². The maximum absolute atomic E-state index is 5.46. The van der Waals surface area contributed by atoms with E-state index >= 15 is 0 Å². The maximum Gasteiger partial charge on any atom is 0.225 e. The van der Waals surface area contributed by atoms with Crippen LogP contribution in [0.5, 0.6) is 11.5 Å². The molecule has 4 rings (SSSR count). The highest BCUT2D eigenvalue weighted by Gasteiger charge is 2.22. The van der Waals surface area contributed by atoms with Crippen molar-refractivity contribution in [3.8, 4) is 22.8 Å². The Bertz CT molecular complexity index is 927. The standard InChI is InChI=1S/C21H22N4O2/c1-26-16-10-11-19(27-2)18(12-16)23-20-13-17(14-6-4-3-5-7-14)24-21(25-20)22-15-8-9-15/h3-7,10-13,15H,8-9H2,1-2H3,(H2,22,23,24,25). The van der Waals surface area contributed by atoms with Crippen LogP contribution in [0.2, 0.25) is 0 Å². The van der Waals surface area contributed by atoms with Gasteiger partial charge in [-0.05, 0) is 25.0 Å². The van der Waals surface area contributed by atoms with Gasteiger partial charge in [0.05, 0.1) is 25.6 Å². The Kier molecular flexibility index (Phi) is 4.78. The summed E-state index contributed by atoms with van der Waals surface area (Å²) in [6.45, 7) is 0. The molecule has 1 aliphatic carbocycles. The minimum Gasteiger partial charge on any atom is -0.497 e. The Morgan fingerprint density at radius 3 is 2.44 bits per heavy atom. The van der Waals surface area contributed by atoms with E-state index in [1.165, 1.54) is 0 Å². The molecule has 138 valence electrons. The number of hydrogen-bond donors (Lipinski definition) is 2.